The van der Waals surface area contributed by atoms with Gasteiger partial charge in [-0.15, -0.1) is 9.59 Å². The van der Waals surface area contributed by atoms with Crippen molar-refractivity contribution in [1.29, 1.82) is 0 Å². The second-order valence-corrected chi connectivity index (χ2v) is 6.64. The van der Waals surface area contributed by atoms with Gasteiger partial charge in [0.1, 0.15) is 5.78 Å². The molecule has 0 aromatic rings. The average Bonchev–Trinajstić information content (AvgIpc) is 2.13. The van der Waals surface area contributed by atoms with Crippen molar-refractivity contribution in [2.75, 3.05) is 6.61 Å². The Balaban J connectivity index is 3.01. The summed E-state index contributed by atoms with van der Waals surface area (Å²) >= 11 is 0. The summed E-state index contributed by atoms with van der Waals surface area (Å²) in [4.78, 5) is 11.6. The lowest BCUT2D eigenvalue weighted by atomic mass is 9.88. The fourth-order valence-corrected chi connectivity index (χ4v) is 3.36. The number of Topliss-reactive ketones (excluding diaryl/α,β-unsaturated/α-hetero) is 1. The van der Waals surface area contributed by atoms with Crippen molar-refractivity contribution in [1.82, 2.24) is 5.06 Å². The van der Waals surface area contributed by atoms with Gasteiger partial charge in [0.2, 0.25) is 0 Å². The Morgan fingerprint density at radius 2 is 2.00 bits per heavy atom. The van der Waals surface area contributed by atoms with E-state index in [2.05, 4.69) is 0 Å². The molecule has 0 spiro atoms. The molecule has 0 amide bonds. The summed E-state index contributed by atoms with van der Waals surface area (Å²) in [5.41, 5.74) is -0.702. The normalized spacial score (nSPS) is 31.6. The lowest BCUT2D eigenvalue weighted by molar-refractivity contribution is -0.219. The molecule has 1 heterocycles. The Morgan fingerprint density at radius 3 is 2.50 bits per heavy atom. The zero-order valence-electron chi connectivity index (χ0n) is 10.2. The van der Waals surface area contributed by atoms with Crippen molar-refractivity contribution in [2.45, 2.75) is 51.4 Å². The number of carbonyl (C=O) groups excluding carboxylic acids is 1. The summed E-state index contributed by atoms with van der Waals surface area (Å²) in [6.07, 6.45) is 0.316. The number of ketones is 1. The SMILES string of the molecule is CCO[P+](=O)C1(C)CC(=O)CC(C)(C)N1O. The standard InChI is InChI=1S/C10H19NO4P/c1-5-15-16(14)10(4)7-8(12)6-9(2,3)11(10)13/h13H,5-7H2,1-4H3/q+1. The molecule has 16 heavy (non-hydrogen) atoms. The number of nitrogens with zero attached hydrogens (tertiary/aromatic N) is 1. The highest BCUT2D eigenvalue weighted by atomic mass is 31.1. The summed E-state index contributed by atoms with van der Waals surface area (Å²) in [7, 11) is -2.10. The first-order chi connectivity index (χ1) is 7.24. The van der Waals surface area contributed by atoms with E-state index < -0.39 is 18.8 Å². The molecule has 0 bridgehead atoms. The van der Waals surface area contributed by atoms with Crippen molar-refractivity contribution < 1.29 is 19.1 Å². The van der Waals surface area contributed by atoms with Gasteiger partial charge in [-0.3, -0.25) is 4.79 Å². The number of rotatable bonds is 3. The van der Waals surface area contributed by atoms with Crippen LogP contribution in [0.4, 0.5) is 0 Å². The number of carbonyl (C=O) groups is 1. The van der Waals surface area contributed by atoms with Crippen LogP contribution in [0.1, 0.15) is 40.5 Å². The molecule has 92 valence electrons. The summed E-state index contributed by atoms with van der Waals surface area (Å²) in [5.74, 6) is 0.000790. The first kappa shape index (κ1) is 13.7. The maximum atomic E-state index is 11.9. The number of hydroxylamine groups is 2. The highest BCUT2D eigenvalue weighted by Gasteiger charge is 2.60. The largest absolute Gasteiger partial charge is 0.533 e. The third-order valence-corrected chi connectivity index (χ3v) is 4.46. The Kier molecular flexibility index (Phi) is 3.85. The van der Waals surface area contributed by atoms with Crippen molar-refractivity contribution in [3.63, 3.8) is 0 Å². The van der Waals surface area contributed by atoms with E-state index in [1.807, 2.05) is 0 Å². The third kappa shape index (κ3) is 2.33. The first-order valence-electron chi connectivity index (χ1n) is 5.35. The molecule has 6 heteroatoms. The van der Waals surface area contributed by atoms with E-state index in [1.54, 1.807) is 27.7 Å². The average molecular weight is 248 g/mol. The molecular weight excluding hydrogens is 229 g/mol. The van der Waals surface area contributed by atoms with E-state index in [1.165, 1.54) is 0 Å². The molecular formula is C10H19NO4P+. The van der Waals surface area contributed by atoms with Gasteiger partial charge >= 0.3 is 8.03 Å². The van der Waals surface area contributed by atoms with E-state index >= 15 is 0 Å². The zero-order chi connectivity index (χ0) is 12.6. The molecule has 5 nitrogen and oxygen atoms in total. The van der Waals surface area contributed by atoms with Crippen LogP contribution in [0.2, 0.25) is 0 Å². The molecule has 1 aliphatic heterocycles. The quantitative estimate of drug-likeness (QED) is 0.776. The third-order valence-electron chi connectivity index (χ3n) is 2.83. The minimum atomic E-state index is -2.10. The van der Waals surface area contributed by atoms with Crippen LogP contribution < -0.4 is 0 Å². The minimum absolute atomic E-state index is 0.000790. The molecule has 0 radical (unpaired) electrons. The molecule has 1 saturated heterocycles. The van der Waals surface area contributed by atoms with Gasteiger partial charge in [-0.25, -0.2) is 0 Å². The van der Waals surface area contributed by atoms with Crippen LogP contribution >= 0.6 is 8.03 Å². The van der Waals surface area contributed by atoms with Gasteiger partial charge in [-0.05, 0) is 25.3 Å². The molecule has 0 saturated carbocycles. The van der Waals surface area contributed by atoms with Crippen LogP contribution in [0.3, 0.4) is 0 Å². The molecule has 0 aliphatic carbocycles. The second kappa shape index (κ2) is 4.49. The fraction of sp³-hybridized carbons (Fsp3) is 0.900. The Hall–Kier alpha value is -0.350. The molecule has 0 aromatic carbocycles. The Bertz CT molecular complexity index is 318. The summed E-state index contributed by atoms with van der Waals surface area (Å²) in [5, 5.41) is 9.99. The Morgan fingerprint density at radius 1 is 1.44 bits per heavy atom. The van der Waals surface area contributed by atoms with Crippen molar-refractivity contribution in [3.05, 3.63) is 0 Å². The highest BCUT2D eigenvalue weighted by Crippen LogP contribution is 2.50. The fourth-order valence-electron chi connectivity index (χ4n) is 2.12. The smallest absolute Gasteiger partial charge is 0.309 e. The van der Waals surface area contributed by atoms with E-state index in [0.717, 1.165) is 5.06 Å². The van der Waals surface area contributed by atoms with Crippen LogP contribution in [0.25, 0.3) is 0 Å². The topological polar surface area (TPSA) is 66.8 Å². The maximum Gasteiger partial charge on any atom is 0.533 e. The lowest BCUT2D eigenvalue weighted by Gasteiger charge is -2.42. The zero-order valence-corrected chi connectivity index (χ0v) is 11.1. The van der Waals surface area contributed by atoms with Gasteiger partial charge in [-0.1, -0.05) is 0 Å². The van der Waals surface area contributed by atoms with Gasteiger partial charge in [0.15, 0.2) is 0 Å². The van der Waals surface area contributed by atoms with Crippen LogP contribution in [-0.4, -0.2) is 33.5 Å². The predicted molar refractivity (Wildman–Crippen MR) is 59.6 cm³/mol. The van der Waals surface area contributed by atoms with Crippen molar-refractivity contribution in [3.8, 4) is 0 Å². The van der Waals surface area contributed by atoms with E-state index in [0.29, 0.717) is 6.61 Å². The predicted octanol–water partition coefficient (Wildman–Crippen LogP) is 2.31. The summed E-state index contributed by atoms with van der Waals surface area (Å²) in [6, 6.07) is 0. The molecule has 2 atom stereocenters. The van der Waals surface area contributed by atoms with Crippen molar-refractivity contribution in [2.24, 2.45) is 0 Å². The van der Waals surface area contributed by atoms with Gasteiger partial charge in [0.25, 0.3) is 5.28 Å². The van der Waals surface area contributed by atoms with E-state index in [4.69, 9.17) is 4.52 Å². The van der Waals surface area contributed by atoms with E-state index in [9.17, 15) is 14.6 Å². The number of hydrogen-bond donors (Lipinski definition) is 1. The molecule has 1 rings (SSSR count). The van der Waals surface area contributed by atoms with Crippen LogP contribution in [0, 0.1) is 0 Å². The van der Waals surface area contributed by atoms with Gasteiger partial charge in [0.05, 0.1) is 18.6 Å². The molecule has 1 N–H and O–H groups in total. The molecule has 1 aliphatic rings. The van der Waals surface area contributed by atoms with Gasteiger partial charge in [-0.2, -0.15) is 0 Å². The lowest BCUT2D eigenvalue weighted by Crippen LogP contribution is -2.59. The maximum absolute atomic E-state index is 11.9. The second-order valence-electron chi connectivity index (χ2n) is 4.91. The van der Waals surface area contributed by atoms with Crippen LogP contribution in [-0.2, 0) is 13.9 Å². The highest BCUT2D eigenvalue weighted by molar-refractivity contribution is 7.41. The Labute approximate surface area is 96.6 Å². The summed E-state index contributed by atoms with van der Waals surface area (Å²) in [6.45, 7) is 7.12. The van der Waals surface area contributed by atoms with Gasteiger partial charge in [0, 0.05) is 13.3 Å². The first-order valence-corrected chi connectivity index (χ1v) is 6.53. The molecule has 2 unspecified atom stereocenters. The number of piperidine rings is 1. The summed E-state index contributed by atoms with van der Waals surface area (Å²) < 4.78 is 17.0. The monoisotopic (exact) mass is 248 g/mol. The van der Waals surface area contributed by atoms with Gasteiger partial charge < -0.3 is 5.21 Å². The molecule has 0 aromatic heterocycles. The van der Waals surface area contributed by atoms with Crippen molar-refractivity contribution >= 4 is 13.8 Å². The van der Waals surface area contributed by atoms with Crippen LogP contribution in [0.5, 0.6) is 0 Å². The van der Waals surface area contributed by atoms with E-state index in [-0.39, 0.29) is 18.6 Å². The molecule has 1 fully saturated rings. The number of hydrogen-bond acceptors (Lipinski definition) is 5. The van der Waals surface area contributed by atoms with Crippen LogP contribution in [0.15, 0.2) is 0 Å². The minimum Gasteiger partial charge on any atom is -0.309 e.